The molecule has 0 amide bonds. The SMILES string of the molecule is CNCc1ccc(OCCS(=O)(=O)C(C)C)c(Cl)c1. The van der Waals surface area contributed by atoms with Crippen LogP contribution < -0.4 is 10.1 Å². The molecular weight excluding hydrogens is 286 g/mol. The molecule has 4 nitrogen and oxygen atoms in total. The highest BCUT2D eigenvalue weighted by molar-refractivity contribution is 7.91. The molecule has 108 valence electrons. The topological polar surface area (TPSA) is 55.4 Å². The summed E-state index contributed by atoms with van der Waals surface area (Å²) >= 11 is 6.08. The van der Waals surface area contributed by atoms with Crippen molar-refractivity contribution in [3.8, 4) is 5.75 Å². The lowest BCUT2D eigenvalue weighted by Crippen LogP contribution is -2.22. The maximum Gasteiger partial charge on any atom is 0.155 e. The van der Waals surface area contributed by atoms with Gasteiger partial charge in [-0.3, -0.25) is 0 Å². The molecule has 1 rings (SSSR count). The molecule has 0 aliphatic carbocycles. The lowest BCUT2D eigenvalue weighted by Gasteiger charge is -2.11. The van der Waals surface area contributed by atoms with E-state index in [2.05, 4.69) is 5.32 Å². The number of rotatable bonds is 7. The van der Waals surface area contributed by atoms with Gasteiger partial charge in [-0.1, -0.05) is 17.7 Å². The van der Waals surface area contributed by atoms with Crippen molar-refractivity contribution < 1.29 is 13.2 Å². The standard InChI is InChI=1S/C13H20ClNO3S/c1-10(2)19(16,17)7-6-18-13-5-4-11(9-15-3)8-12(13)14/h4-5,8,10,15H,6-7,9H2,1-3H3. The van der Waals surface area contributed by atoms with E-state index in [0.29, 0.717) is 10.8 Å². The molecule has 0 spiro atoms. The van der Waals surface area contributed by atoms with Crippen LogP contribution in [0, 0.1) is 0 Å². The third kappa shape index (κ3) is 5.01. The maximum absolute atomic E-state index is 11.6. The summed E-state index contributed by atoms with van der Waals surface area (Å²) in [7, 11) is -1.22. The van der Waals surface area contributed by atoms with Crippen LogP contribution in [0.1, 0.15) is 19.4 Å². The molecule has 0 aromatic heterocycles. The van der Waals surface area contributed by atoms with Crippen molar-refractivity contribution in [2.24, 2.45) is 0 Å². The number of ether oxygens (including phenoxy) is 1. The Labute approximate surface area is 120 Å². The number of benzene rings is 1. The van der Waals surface area contributed by atoms with Gasteiger partial charge in [0.05, 0.1) is 16.0 Å². The van der Waals surface area contributed by atoms with Gasteiger partial charge in [0.2, 0.25) is 0 Å². The molecule has 19 heavy (non-hydrogen) atoms. The van der Waals surface area contributed by atoms with Gasteiger partial charge in [-0.05, 0) is 38.6 Å². The first-order chi connectivity index (χ1) is 8.86. The van der Waals surface area contributed by atoms with Crippen LogP contribution >= 0.6 is 11.6 Å². The zero-order valence-corrected chi connectivity index (χ0v) is 13.0. The first-order valence-electron chi connectivity index (χ1n) is 6.14. The van der Waals surface area contributed by atoms with E-state index < -0.39 is 9.84 Å². The van der Waals surface area contributed by atoms with Crippen molar-refractivity contribution in [3.05, 3.63) is 28.8 Å². The summed E-state index contributed by atoms with van der Waals surface area (Å²) in [6.45, 7) is 4.16. The van der Waals surface area contributed by atoms with Crippen molar-refractivity contribution >= 4 is 21.4 Å². The van der Waals surface area contributed by atoms with Crippen LogP contribution in [-0.4, -0.2) is 33.1 Å². The Morgan fingerprint density at radius 2 is 2.05 bits per heavy atom. The van der Waals surface area contributed by atoms with Gasteiger partial charge in [0.25, 0.3) is 0 Å². The summed E-state index contributed by atoms with van der Waals surface area (Å²) in [5.74, 6) is 0.514. The molecule has 0 heterocycles. The van der Waals surface area contributed by atoms with E-state index in [9.17, 15) is 8.42 Å². The average Bonchev–Trinajstić information content (AvgIpc) is 2.32. The first kappa shape index (κ1) is 16.3. The van der Waals surface area contributed by atoms with Crippen LogP contribution in [-0.2, 0) is 16.4 Å². The highest BCUT2D eigenvalue weighted by Crippen LogP contribution is 2.25. The van der Waals surface area contributed by atoms with Gasteiger partial charge in [-0.15, -0.1) is 0 Å². The Kier molecular flexibility index (Phi) is 6.10. The van der Waals surface area contributed by atoms with Crippen molar-refractivity contribution in [2.45, 2.75) is 25.6 Å². The summed E-state index contributed by atoms with van der Waals surface area (Å²) in [5.41, 5.74) is 1.05. The predicted octanol–water partition coefficient (Wildman–Crippen LogP) is 2.26. The molecule has 0 aliphatic rings. The fraction of sp³-hybridized carbons (Fsp3) is 0.538. The van der Waals surface area contributed by atoms with Crippen LogP contribution in [0.4, 0.5) is 0 Å². The van der Waals surface area contributed by atoms with E-state index >= 15 is 0 Å². The third-order valence-corrected chi connectivity index (χ3v) is 5.19. The average molecular weight is 306 g/mol. The lowest BCUT2D eigenvalue weighted by atomic mass is 10.2. The molecule has 1 aromatic rings. The molecule has 1 N–H and O–H groups in total. The van der Waals surface area contributed by atoms with Crippen LogP contribution in [0.3, 0.4) is 0 Å². The van der Waals surface area contributed by atoms with Gasteiger partial charge >= 0.3 is 0 Å². The molecule has 0 atom stereocenters. The van der Waals surface area contributed by atoms with Gasteiger partial charge in [0.1, 0.15) is 12.4 Å². The molecule has 6 heteroatoms. The van der Waals surface area contributed by atoms with E-state index in [0.717, 1.165) is 12.1 Å². The second-order valence-corrected chi connectivity index (χ2v) is 7.64. The largest absolute Gasteiger partial charge is 0.491 e. The highest BCUT2D eigenvalue weighted by atomic mass is 35.5. The molecule has 0 fully saturated rings. The summed E-state index contributed by atoms with van der Waals surface area (Å²) in [5, 5.41) is 3.14. The Bertz CT molecular complexity index is 515. The van der Waals surface area contributed by atoms with E-state index in [1.54, 1.807) is 19.9 Å². The molecule has 0 saturated carbocycles. The zero-order chi connectivity index (χ0) is 14.5. The quantitative estimate of drug-likeness (QED) is 0.839. The van der Waals surface area contributed by atoms with Crippen molar-refractivity contribution in [3.63, 3.8) is 0 Å². The lowest BCUT2D eigenvalue weighted by molar-refractivity contribution is 0.340. The van der Waals surface area contributed by atoms with Crippen LogP contribution in [0.2, 0.25) is 5.02 Å². The van der Waals surface area contributed by atoms with Crippen molar-refractivity contribution in [2.75, 3.05) is 19.4 Å². The second-order valence-electron chi connectivity index (χ2n) is 4.56. The normalized spacial score (nSPS) is 11.8. The van der Waals surface area contributed by atoms with Crippen LogP contribution in [0.15, 0.2) is 18.2 Å². The number of sulfone groups is 1. The minimum absolute atomic E-state index is 0.000732. The zero-order valence-electron chi connectivity index (χ0n) is 11.4. The minimum atomic E-state index is -3.08. The van der Waals surface area contributed by atoms with E-state index in [4.69, 9.17) is 16.3 Å². The van der Waals surface area contributed by atoms with Crippen molar-refractivity contribution in [1.82, 2.24) is 5.32 Å². The Morgan fingerprint density at radius 3 is 2.58 bits per heavy atom. The number of hydrogen-bond acceptors (Lipinski definition) is 4. The Morgan fingerprint density at radius 1 is 1.37 bits per heavy atom. The number of halogens is 1. The molecular formula is C13H20ClNO3S. The predicted molar refractivity (Wildman–Crippen MR) is 78.6 cm³/mol. The Hall–Kier alpha value is -0.780. The number of hydrogen-bond donors (Lipinski definition) is 1. The fourth-order valence-electron chi connectivity index (χ4n) is 1.48. The summed E-state index contributed by atoms with van der Waals surface area (Å²) < 4.78 is 28.7. The van der Waals surface area contributed by atoms with E-state index in [-0.39, 0.29) is 17.6 Å². The van der Waals surface area contributed by atoms with Gasteiger partial charge in [-0.2, -0.15) is 0 Å². The molecule has 0 aliphatic heterocycles. The van der Waals surface area contributed by atoms with Gasteiger partial charge in [0, 0.05) is 6.54 Å². The number of nitrogens with one attached hydrogen (secondary N) is 1. The molecule has 0 bridgehead atoms. The summed E-state index contributed by atoms with van der Waals surface area (Å²) in [6.07, 6.45) is 0. The first-order valence-corrected chi connectivity index (χ1v) is 8.23. The molecule has 0 saturated heterocycles. The van der Waals surface area contributed by atoms with Gasteiger partial charge < -0.3 is 10.1 Å². The minimum Gasteiger partial charge on any atom is -0.491 e. The Balaban J connectivity index is 2.59. The van der Waals surface area contributed by atoms with E-state index in [1.807, 2.05) is 19.2 Å². The van der Waals surface area contributed by atoms with Crippen LogP contribution in [0.25, 0.3) is 0 Å². The molecule has 0 radical (unpaired) electrons. The smallest absolute Gasteiger partial charge is 0.155 e. The monoisotopic (exact) mass is 305 g/mol. The van der Waals surface area contributed by atoms with Gasteiger partial charge in [-0.25, -0.2) is 8.42 Å². The fourth-order valence-corrected chi connectivity index (χ4v) is 2.52. The summed E-state index contributed by atoms with van der Waals surface area (Å²) in [4.78, 5) is 0. The van der Waals surface area contributed by atoms with E-state index in [1.165, 1.54) is 0 Å². The summed E-state index contributed by atoms with van der Waals surface area (Å²) in [6, 6.07) is 5.47. The maximum atomic E-state index is 11.6. The highest BCUT2D eigenvalue weighted by Gasteiger charge is 2.16. The second kappa shape index (κ2) is 7.12. The van der Waals surface area contributed by atoms with Gasteiger partial charge in [0.15, 0.2) is 9.84 Å². The molecule has 0 unspecified atom stereocenters. The van der Waals surface area contributed by atoms with Crippen LogP contribution in [0.5, 0.6) is 5.75 Å². The molecule has 1 aromatic carbocycles. The van der Waals surface area contributed by atoms with Crippen molar-refractivity contribution in [1.29, 1.82) is 0 Å². The third-order valence-electron chi connectivity index (χ3n) is 2.72.